The molecule has 1 rings (SSSR count). The van der Waals surface area contributed by atoms with Crippen molar-refractivity contribution in [1.82, 2.24) is 5.32 Å². The lowest BCUT2D eigenvalue weighted by Crippen LogP contribution is -2.22. The fraction of sp³-hybridized carbons (Fsp3) is 0.417. The topological polar surface area (TPSA) is 29.1 Å². The molecule has 4 heteroatoms. The number of rotatable bonds is 6. The van der Waals surface area contributed by atoms with Crippen LogP contribution in [0.5, 0.6) is 0 Å². The SMILES string of the molecule is CCSc1ccc(CNC(=O)CCS)cc1. The first-order valence-electron chi connectivity index (χ1n) is 5.35. The van der Waals surface area contributed by atoms with Gasteiger partial charge in [0.05, 0.1) is 0 Å². The molecule has 0 saturated heterocycles. The molecule has 1 N–H and O–H groups in total. The fourth-order valence-electron chi connectivity index (χ4n) is 1.26. The molecule has 0 heterocycles. The maximum absolute atomic E-state index is 11.2. The van der Waals surface area contributed by atoms with Gasteiger partial charge in [0.15, 0.2) is 0 Å². The van der Waals surface area contributed by atoms with Gasteiger partial charge in [0.1, 0.15) is 0 Å². The van der Waals surface area contributed by atoms with Crippen LogP contribution in [0, 0.1) is 0 Å². The van der Waals surface area contributed by atoms with Crippen LogP contribution in [0.4, 0.5) is 0 Å². The lowest BCUT2D eigenvalue weighted by atomic mass is 10.2. The zero-order valence-electron chi connectivity index (χ0n) is 9.40. The van der Waals surface area contributed by atoms with Crippen LogP contribution in [0.25, 0.3) is 0 Å². The molecule has 1 aromatic carbocycles. The van der Waals surface area contributed by atoms with E-state index in [-0.39, 0.29) is 5.91 Å². The fourth-order valence-corrected chi connectivity index (χ4v) is 2.13. The van der Waals surface area contributed by atoms with Crippen molar-refractivity contribution in [3.05, 3.63) is 29.8 Å². The second kappa shape index (κ2) is 7.63. The zero-order valence-corrected chi connectivity index (χ0v) is 11.1. The highest BCUT2D eigenvalue weighted by Gasteiger charge is 1.99. The van der Waals surface area contributed by atoms with Gasteiger partial charge in [0.2, 0.25) is 5.91 Å². The Bertz CT molecular complexity index is 324. The second-order valence-corrected chi connectivity index (χ2v) is 5.11. The first kappa shape index (κ1) is 13.5. The van der Waals surface area contributed by atoms with Gasteiger partial charge in [-0.15, -0.1) is 11.8 Å². The van der Waals surface area contributed by atoms with Crippen molar-refractivity contribution >= 4 is 30.3 Å². The number of thiol groups is 1. The number of amides is 1. The molecule has 0 radical (unpaired) electrons. The van der Waals surface area contributed by atoms with E-state index in [1.165, 1.54) is 4.90 Å². The Kier molecular flexibility index (Phi) is 6.42. The van der Waals surface area contributed by atoms with E-state index in [9.17, 15) is 4.79 Å². The Morgan fingerprint density at radius 3 is 2.62 bits per heavy atom. The van der Waals surface area contributed by atoms with Crippen molar-refractivity contribution in [2.45, 2.75) is 24.8 Å². The van der Waals surface area contributed by atoms with E-state index in [0.717, 1.165) is 11.3 Å². The van der Waals surface area contributed by atoms with Crippen LogP contribution in [0.1, 0.15) is 18.9 Å². The van der Waals surface area contributed by atoms with Crippen molar-refractivity contribution in [3.8, 4) is 0 Å². The highest BCUT2D eigenvalue weighted by atomic mass is 32.2. The lowest BCUT2D eigenvalue weighted by Gasteiger charge is -2.05. The van der Waals surface area contributed by atoms with E-state index in [0.29, 0.717) is 18.7 Å². The summed E-state index contributed by atoms with van der Waals surface area (Å²) >= 11 is 5.83. The first-order chi connectivity index (χ1) is 7.76. The molecule has 0 unspecified atom stereocenters. The van der Waals surface area contributed by atoms with E-state index in [2.05, 4.69) is 49.1 Å². The van der Waals surface area contributed by atoms with Crippen molar-refractivity contribution < 1.29 is 4.79 Å². The van der Waals surface area contributed by atoms with Gasteiger partial charge in [-0.25, -0.2) is 0 Å². The van der Waals surface area contributed by atoms with Gasteiger partial charge in [-0.05, 0) is 29.2 Å². The van der Waals surface area contributed by atoms with Crippen LogP contribution in [0.2, 0.25) is 0 Å². The number of thioether (sulfide) groups is 1. The highest BCUT2D eigenvalue weighted by molar-refractivity contribution is 7.99. The molecule has 0 saturated carbocycles. The third-order valence-corrected chi connectivity index (χ3v) is 3.18. The van der Waals surface area contributed by atoms with Gasteiger partial charge in [-0.1, -0.05) is 19.1 Å². The standard InChI is InChI=1S/C12H17NOS2/c1-2-16-11-5-3-10(4-6-11)9-13-12(14)7-8-15/h3-6,15H,2,7-9H2,1H3,(H,13,14). The van der Waals surface area contributed by atoms with Crippen molar-refractivity contribution in [2.75, 3.05) is 11.5 Å². The summed E-state index contributed by atoms with van der Waals surface area (Å²) in [6.45, 7) is 2.74. The molecule has 0 aliphatic carbocycles. The van der Waals surface area contributed by atoms with Crippen LogP contribution in [0.15, 0.2) is 29.2 Å². The predicted octanol–water partition coefficient (Wildman–Crippen LogP) is 2.73. The third-order valence-electron chi connectivity index (χ3n) is 2.06. The molecular weight excluding hydrogens is 238 g/mol. The molecule has 1 amide bonds. The maximum atomic E-state index is 11.2. The summed E-state index contributed by atoms with van der Waals surface area (Å²) in [4.78, 5) is 12.5. The predicted molar refractivity (Wildman–Crippen MR) is 73.2 cm³/mol. The maximum Gasteiger partial charge on any atom is 0.221 e. The molecule has 2 nitrogen and oxygen atoms in total. The van der Waals surface area contributed by atoms with Gasteiger partial charge in [-0.3, -0.25) is 4.79 Å². The van der Waals surface area contributed by atoms with Gasteiger partial charge >= 0.3 is 0 Å². The molecule has 0 aliphatic rings. The minimum atomic E-state index is 0.0574. The summed E-state index contributed by atoms with van der Waals surface area (Å²) < 4.78 is 0. The number of benzene rings is 1. The lowest BCUT2D eigenvalue weighted by molar-refractivity contribution is -0.120. The summed E-state index contributed by atoms with van der Waals surface area (Å²) in [5.74, 6) is 1.73. The van der Waals surface area contributed by atoms with Crippen LogP contribution in [-0.2, 0) is 11.3 Å². The summed E-state index contributed by atoms with van der Waals surface area (Å²) in [6, 6.07) is 8.29. The molecule has 1 aromatic rings. The Labute approximate surface area is 107 Å². The highest BCUT2D eigenvalue weighted by Crippen LogP contribution is 2.17. The van der Waals surface area contributed by atoms with Crippen molar-refractivity contribution in [1.29, 1.82) is 0 Å². The Morgan fingerprint density at radius 2 is 2.06 bits per heavy atom. The number of hydrogen-bond donors (Lipinski definition) is 2. The van der Waals surface area contributed by atoms with E-state index in [1.54, 1.807) is 0 Å². The molecular formula is C12H17NOS2. The van der Waals surface area contributed by atoms with E-state index in [4.69, 9.17) is 0 Å². The average Bonchev–Trinajstić information content (AvgIpc) is 2.29. The van der Waals surface area contributed by atoms with Crippen LogP contribution < -0.4 is 5.32 Å². The average molecular weight is 255 g/mol. The van der Waals surface area contributed by atoms with E-state index >= 15 is 0 Å². The summed E-state index contributed by atoms with van der Waals surface area (Å²) in [7, 11) is 0. The number of hydrogen-bond acceptors (Lipinski definition) is 3. The quantitative estimate of drug-likeness (QED) is 0.604. The normalized spacial score (nSPS) is 10.1. The molecule has 88 valence electrons. The van der Waals surface area contributed by atoms with E-state index < -0.39 is 0 Å². The number of nitrogens with one attached hydrogen (secondary N) is 1. The second-order valence-electron chi connectivity index (χ2n) is 3.33. The van der Waals surface area contributed by atoms with Crippen molar-refractivity contribution in [2.24, 2.45) is 0 Å². The van der Waals surface area contributed by atoms with Gasteiger partial charge < -0.3 is 5.32 Å². The minimum Gasteiger partial charge on any atom is -0.352 e. The first-order valence-corrected chi connectivity index (χ1v) is 6.97. The summed E-state index contributed by atoms with van der Waals surface area (Å²) in [5.41, 5.74) is 1.13. The number of carbonyl (C=O) groups excluding carboxylic acids is 1. The molecule has 0 atom stereocenters. The molecule has 0 bridgehead atoms. The molecule has 0 aliphatic heterocycles. The summed E-state index contributed by atoms with van der Waals surface area (Å²) in [5, 5.41) is 2.86. The summed E-state index contributed by atoms with van der Waals surface area (Å²) in [6.07, 6.45) is 0.479. The minimum absolute atomic E-state index is 0.0574. The molecule has 16 heavy (non-hydrogen) atoms. The molecule has 0 aromatic heterocycles. The Hall–Kier alpha value is -0.610. The Morgan fingerprint density at radius 1 is 1.38 bits per heavy atom. The smallest absolute Gasteiger partial charge is 0.221 e. The van der Waals surface area contributed by atoms with Gasteiger partial charge in [0, 0.05) is 17.9 Å². The van der Waals surface area contributed by atoms with Crippen LogP contribution in [-0.4, -0.2) is 17.4 Å². The molecule has 0 fully saturated rings. The van der Waals surface area contributed by atoms with Gasteiger partial charge in [-0.2, -0.15) is 12.6 Å². The van der Waals surface area contributed by atoms with Gasteiger partial charge in [0.25, 0.3) is 0 Å². The monoisotopic (exact) mass is 255 g/mol. The molecule has 0 spiro atoms. The third kappa shape index (κ3) is 4.94. The number of carbonyl (C=O) groups is 1. The van der Waals surface area contributed by atoms with Crippen molar-refractivity contribution in [3.63, 3.8) is 0 Å². The largest absolute Gasteiger partial charge is 0.352 e. The van der Waals surface area contributed by atoms with E-state index in [1.807, 2.05) is 11.8 Å². The Balaban J connectivity index is 2.40. The van der Waals surface area contributed by atoms with Crippen LogP contribution >= 0.6 is 24.4 Å². The van der Waals surface area contributed by atoms with Crippen LogP contribution in [0.3, 0.4) is 0 Å². The zero-order chi connectivity index (χ0) is 11.8.